The Labute approximate surface area is 123 Å². The SMILES string of the molecule is CC(C)c1nc2c(o1)CCN(C(=O)c1ccnc(N)c1)C2. The van der Waals surface area contributed by atoms with Crippen molar-refractivity contribution < 1.29 is 9.21 Å². The van der Waals surface area contributed by atoms with Crippen LogP contribution in [0.3, 0.4) is 0 Å². The lowest BCUT2D eigenvalue weighted by atomic mass is 10.1. The molecule has 2 aromatic rings. The molecule has 21 heavy (non-hydrogen) atoms. The Hall–Kier alpha value is -2.37. The van der Waals surface area contributed by atoms with E-state index in [-0.39, 0.29) is 11.8 Å². The maximum atomic E-state index is 12.5. The summed E-state index contributed by atoms with van der Waals surface area (Å²) in [7, 11) is 0. The standard InChI is InChI=1S/C15H18N4O2/c1-9(2)14-18-11-8-19(6-4-12(11)21-14)15(20)10-3-5-17-13(16)7-10/h3,5,7,9H,4,6,8H2,1-2H3,(H2,16,17). The van der Waals surface area contributed by atoms with Gasteiger partial charge in [0.25, 0.3) is 5.91 Å². The Balaban J connectivity index is 1.81. The molecule has 0 saturated heterocycles. The van der Waals surface area contributed by atoms with Gasteiger partial charge in [0.15, 0.2) is 5.89 Å². The van der Waals surface area contributed by atoms with Crippen LogP contribution < -0.4 is 5.73 Å². The van der Waals surface area contributed by atoms with Crippen LogP contribution in [0, 0.1) is 0 Å². The molecule has 0 atom stereocenters. The summed E-state index contributed by atoms with van der Waals surface area (Å²) in [4.78, 5) is 22.7. The maximum absolute atomic E-state index is 12.5. The first kappa shape index (κ1) is 13.6. The summed E-state index contributed by atoms with van der Waals surface area (Å²) in [6.07, 6.45) is 2.24. The highest BCUT2D eigenvalue weighted by Crippen LogP contribution is 2.24. The molecule has 6 heteroatoms. The van der Waals surface area contributed by atoms with E-state index in [1.54, 1.807) is 23.2 Å². The quantitative estimate of drug-likeness (QED) is 0.912. The molecule has 0 unspecified atom stereocenters. The van der Waals surface area contributed by atoms with Gasteiger partial charge in [0, 0.05) is 30.6 Å². The number of carbonyl (C=O) groups excluding carboxylic acids is 1. The third kappa shape index (κ3) is 2.61. The smallest absolute Gasteiger partial charge is 0.254 e. The molecule has 0 aromatic carbocycles. The van der Waals surface area contributed by atoms with E-state index in [9.17, 15) is 4.79 Å². The number of anilines is 1. The Morgan fingerprint density at radius 1 is 1.48 bits per heavy atom. The third-order valence-corrected chi connectivity index (χ3v) is 3.55. The highest BCUT2D eigenvalue weighted by Gasteiger charge is 2.26. The third-order valence-electron chi connectivity index (χ3n) is 3.55. The van der Waals surface area contributed by atoms with Gasteiger partial charge in [0.05, 0.1) is 6.54 Å². The van der Waals surface area contributed by atoms with Crippen molar-refractivity contribution in [1.29, 1.82) is 0 Å². The molecule has 6 nitrogen and oxygen atoms in total. The Bertz CT molecular complexity index is 678. The van der Waals surface area contributed by atoms with E-state index in [2.05, 4.69) is 9.97 Å². The molecular formula is C15H18N4O2. The van der Waals surface area contributed by atoms with Crippen molar-refractivity contribution in [3.63, 3.8) is 0 Å². The highest BCUT2D eigenvalue weighted by molar-refractivity contribution is 5.94. The second kappa shape index (κ2) is 5.20. The fraction of sp³-hybridized carbons (Fsp3) is 0.400. The van der Waals surface area contributed by atoms with Crippen molar-refractivity contribution in [3.05, 3.63) is 41.2 Å². The molecule has 0 spiro atoms. The number of hydrogen-bond donors (Lipinski definition) is 1. The number of hydrogen-bond acceptors (Lipinski definition) is 5. The fourth-order valence-corrected chi connectivity index (χ4v) is 2.40. The van der Waals surface area contributed by atoms with Gasteiger partial charge >= 0.3 is 0 Å². The Morgan fingerprint density at radius 2 is 2.29 bits per heavy atom. The van der Waals surface area contributed by atoms with Crippen LogP contribution in [0.4, 0.5) is 5.82 Å². The summed E-state index contributed by atoms with van der Waals surface area (Å²) in [6, 6.07) is 3.27. The van der Waals surface area contributed by atoms with Gasteiger partial charge in [-0.1, -0.05) is 13.8 Å². The van der Waals surface area contributed by atoms with Crippen LogP contribution in [-0.4, -0.2) is 27.3 Å². The minimum absolute atomic E-state index is 0.0520. The number of pyridine rings is 1. The summed E-state index contributed by atoms with van der Waals surface area (Å²) in [6.45, 7) is 5.19. The van der Waals surface area contributed by atoms with Crippen LogP contribution in [0.25, 0.3) is 0 Å². The zero-order chi connectivity index (χ0) is 15.0. The summed E-state index contributed by atoms with van der Waals surface area (Å²) in [5.41, 5.74) is 7.05. The number of carbonyl (C=O) groups is 1. The number of aromatic nitrogens is 2. The zero-order valence-electron chi connectivity index (χ0n) is 12.2. The molecule has 2 N–H and O–H groups in total. The molecule has 0 radical (unpaired) electrons. The molecule has 0 aliphatic carbocycles. The monoisotopic (exact) mass is 286 g/mol. The van der Waals surface area contributed by atoms with E-state index in [0.29, 0.717) is 30.9 Å². The van der Waals surface area contributed by atoms with Crippen molar-refractivity contribution in [3.8, 4) is 0 Å². The van der Waals surface area contributed by atoms with Crippen molar-refractivity contribution >= 4 is 11.7 Å². The first-order chi connectivity index (χ1) is 10.0. The lowest BCUT2D eigenvalue weighted by Gasteiger charge is -2.25. The van der Waals surface area contributed by atoms with E-state index in [1.807, 2.05) is 13.8 Å². The number of oxazole rings is 1. The summed E-state index contributed by atoms with van der Waals surface area (Å²) >= 11 is 0. The van der Waals surface area contributed by atoms with Crippen LogP contribution in [-0.2, 0) is 13.0 Å². The average Bonchev–Trinajstić information content (AvgIpc) is 2.89. The highest BCUT2D eigenvalue weighted by atomic mass is 16.4. The zero-order valence-corrected chi connectivity index (χ0v) is 12.2. The molecule has 1 aliphatic rings. The topological polar surface area (TPSA) is 85.2 Å². The minimum atomic E-state index is -0.0520. The van der Waals surface area contributed by atoms with E-state index in [4.69, 9.17) is 10.2 Å². The molecule has 3 heterocycles. The predicted molar refractivity (Wildman–Crippen MR) is 77.7 cm³/mol. The van der Waals surface area contributed by atoms with Crippen molar-refractivity contribution in [2.75, 3.05) is 12.3 Å². The number of rotatable bonds is 2. The number of nitrogen functional groups attached to an aromatic ring is 1. The van der Waals surface area contributed by atoms with Crippen molar-refractivity contribution in [2.24, 2.45) is 0 Å². The van der Waals surface area contributed by atoms with Crippen LogP contribution in [0.15, 0.2) is 22.7 Å². The molecule has 3 rings (SSSR count). The van der Waals surface area contributed by atoms with Crippen molar-refractivity contribution in [1.82, 2.24) is 14.9 Å². The van der Waals surface area contributed by atoms with Crippen LogP contribution >= 0.6 is 0 Å². The molecule has 2 aromatic heterocycles. The normalized spacial score (nSPS) is 14.3. The van der Waals surface area contributed by atoms with Gasteiger partial charge in [-0.2, -0.15) is 0 Å². The number of amides is 1. The van der Waals surface area contributed by atoms with Gasteiger partial charge in [0.1, 0.15) is 17.3 Å². The molecule has 0 bridgehead atoms. The summed E-state index contributed by atoms with van der Waals surface area (Å²) < 4.78 is 5.74. The van der Waals surface area contributed by atoms with Gasteiger partial charge in [-0.15, -0.1) is 0 Å². The fourth-order valence-electron chi connectivity index (χ4n) is 2.40. The maximum Gasteiger partial charge on any atom is 0.254 e. The summed E-state index contributed by atoms with van der Waals surface area (Å²) in [5.74, 6) is 2.19. The van der Waals surface area contributed by atoms with Gasteiger partial charge in [-0.25, -0.2) is 9.97 Å². The molecule has 110 valence electrons. The largest absolute Gasteiger partial charge is 0.445 e. The van der Waals surface area contributed by atoms with E-state index >= 15 is 0 Å². The molecule has 1 aliphatic heterocycles. The Kier molecular flexibility index (Phi) is 3.37. The molecule has 0 saturated carbocycles. The molecular weight excluding hydrogens is 268 g/mol. The van der Waals surface area contributed by atoms with Gasteiger partial charge in [0.2, 0.25) is 0 Å². The number of nitrogens with zero attached hydrogens (tertiary/aromatic N) is 3. The van der Waals surface area contributed by atoms with Gasteiger partial charge in [-0.05, 0) is 12.1 Å². The second-order valence-electron chi connectivity index (χ2n) is 5.52. The van der Waals surface area contributed by atoms with E-state index in [1.165, 1.54) is 0 Å². The van der Waals surface area contributed by atoms with Crippen LogP contribution in [0.2, 0.25) is 0 Å². The summed E-state index contributed by atoms with van der Waals surface area (Å²) in [5, 5.41) is 0. The first-order valence-electron chi connectivity index (χ1n) is 7.04. The lowest BCUT2D eigenvalue weighted by molar-refractivity contribution is 0.0728. The minimum Gasteiger partial charge on any atom is -0.445 e. The number of fused-ring (bicyclic) bond motifs is 1. The first-order valence-corrected chi connectivity index (χ1v) is 7.04. The molecule has 1 amide bonds. The lowest BCUT2D eigenvalue weighted by Crippen LogP contribution is -2.35. The van der Waals surface area contributed by atoms with Gasteiger partial charge < -0.3 is 15.1 Å². The van der Waals surface area contributed by atoms with Crippen LogP contribution in [0.5, 0.6) is 0 Å². The second-order valence-corrected chi connectivity index (χ2v) is 5.52. The van der Waals surface area contributed by atoms with E-state index in [0.717, 1.165) is 17.3 Å². The Morgan fingerprint density at radius 3 is 3.00 bits per heavy atom. The van der Waals surface area contributed by atoms with Crippen LogP contribution in [0.1, 0.15) is 47.5 Å². The average molecular weight is 286 g/mol. The van der Waals surface area contributed by atoms with Crippen molar-refractivity contribution in [2.45, 2.75) is 32.7 Å². The molecule has 0 fully saturated rings. The predicted octanol–water partition coefficient (Wildman–Crippen LogP) is 1.97. The van der Waals surface area contributed by atoms with E-state index < -0.39 is 0 Å². The number of nitrogens with two attached hydrogens (primary N) is 1. The van der Waals surface area contributed by atoms with Gasteiger partial charge in [-0.3, -0.25) is 4.79 Å².